The summed E-state index contributed by atoms with van der Waals surface area (Å²) in [7, 11) is 0. The van der Waals surface area contributed by atoms with Crippen LogP contribution in [0.25, 0.3) is 0 Å². The van der Waals surface area contributed by atoms with E-state index in [9.17, 15) is 14.4 Å². The first kappa shape index (κ1) is 14.0. The molecular weight excluding hydrogens is 306 g/mol. The van der Waals surface area contributed by atoms with E-state index >= 15 is 0 Å². The molecule has 0 aromatic heterocycles. The Morgan fingerprint density at radius 1 is 1.08 bits per heavy atom. The van der Waals surface area contributed by atoms with Crippen LogP contribution in [-0.4, -0.2) is 17.8 Å². The van der Waals surface area contributed by atoms with Crippen molar-refractivity contribution in [3.63, 3.8) is 0 Å². The number of hydrogen-bond donors (Lipinski definition) is 0. The number of amides is 2. The average Bonchev–Trinajstić information content (AvgIpc) is 3.31. The van der Waals surface area contributed by atoms with E-state index in [-0.39, 0.29) is 35.5 Å². The molecule has 0 radical (unpaired) electrons. The van der Waals surface area contributed by atoms with Crippen LogP contribution in [0.1, 0.15) is 13.3 Å². The Morgan fingerprint density at radius 2 is 1.71 bits per heavy atom. The lowest BCUT2D eigenvalue weighted by Gasteiger charge is -2.37. The molecule has 2 saturated carbocycles. The minimum absolute atomic E-state index is 0.102. The Balaban J connectivity index is 1.51. The van der Waals surface area contributed by atoms with Crippen molar-refractivity contribution in [2.75, 3.05) is 4.90 Å². The van der Waals surface area contributed by atoms with Gasteiger partial charge in [-0.3, -0.25) is 14.4 Å². The van der Waals surface area contributed by atoms with Gasteiger partial charge in [0.1, 0.15) is 5.75 Å². The molecule has 2 amide bonds. The summed E-state index contributed by atoms with van der Waals surface area (Å²) in [5, 5.41) is 0. The molecule has 5 heteroatoms. The van der Waals surface area contributed by atoms with Crippen LogP contribution in [0.3, 0.4) is 0 Å². The number of ether oxygens (including phenoxy) is 1. The number of rotatable bonds is 2. The number of benzene rings is 1. The van der Waals surface area contributed by atoms with Crippen molar-refractivity contribution in [2.24, 2.45) is 35.5 Å². The lowest BCUT2D eigenvalue weighted by atomic mass is 9.63. The van der Waals surface area contributed by atoms with Crippen molar-refractivity contribution in [3.05, 3.63) is 36.4 Å². The molecule has 2 bridgehead atoms. The van der Waals surface area contributed by atoms with Gasteiger partial charge in [0.15, 0.2) is 0 Å². The molecule has 122 valence electrons. The van der Waals surface area contributed by atoms with Crippen molar-refractivity contribution in [1.82, 2.24) is 0 Å². The predicted molar refractivity (Wildman–Crippen MR) is 84.9 cm³/mol. The molecule has 5 aliphatic rings. The molecule has 24 heavy (non-hydrogen) atoms. The van der Waals surface area contributed by atoms with E-state index in [0.29, 0.717) is 23.3 Å². The number of nitrogens with zero attached hydrogens (tertiary/aromatic N) is 1. The maximum atomic E-state index is 13.0. The van der Waals surface area contributed by atoms with Crippen LogP contribution in [-0.2, 0) is 14.4 Å². The molecule has 5 nitrogen and oxygen atoms in total. The fourth-order valence-corrected chi connectivity index (χ4v) is 5.06. The Bertz CT molecular complexity index is 777. The minimum atomic E-state index is -0.428. The molecule has 1 aromatic carbocycles. The van der Waals surface area contributed by atoms with Crippen molar-refractivity contribution in [2.45, 2.75) is 13.3 Å². The van der Waals surface area contributed by atoms with E-state index < -0.39 is 5.97 Å². The molecule has 0 N–H and O–H groups in total. The summed E-state index contributed by atoms with van der Waals surface area (Å²) in [5.74, 6) is 0.884. The Morgan fingerprint density at radius 3 is 2.29 bits per heavy atom. The molecule has 0 spiro atoms. The number of allylic oxidation sites excluding steroid dienone is 2. The van der Waals surface area contributed by atoms with Crippen molar-refractivity contribution in [3.8, 4) is 5.75 Å². The van der Waals surface area contributed by atoms with E-state index in [2.05, 4.69) is 12.2 Å². The zero-order valence-corrected chi connectivity index (χ0v) is 13.2. The lowest BCUT2D eigenvalue weighted by molar-refractivity contribution is -0.132. The zero-order valence-electron chi connectivity index (χ0n) is 13.2. The maximum Gasteiger partial charge on any atom is 0.308 e. The fraction of sp³-hybridized carbons (Fsp3) is 0.421. The number of hydrogen-bond acceptors (Lipinski definition) is 4. The third kappa shape index (κ3) is 1.72. The smallest absolute Gasteiger partial charge is 0.308 e. The number of esters is 1. The monoisotopic (exact) mass is 323 g/mol. The standard InChI is InChI=1S/C19H17NO4/c1-9(21)24-11-4-2-3-10(7-11)20-18(22)16-12-5-6-13(15-8-14(12)15)17(16)19(20)23/h2-7,12-17H,8H2,1H3/t12-,13-,14-,15+,16+,17-/m1/s1. The Labute approximate surface area is 139 Å². The highest BCUT2D eigenvalue weighted by atomic mass is 16.5. The third-order valence-corrected chi connectivity index (χ3v) is 6.00. The summed E-state index contributed by atoms with van der Waals surface area (Å²) in [6.45, 7) is 1.32. The summed E-state index contributed by atoms with van der Waals surface area (Å²) >= 11 is 0. The van der Waals surface area contributed by atoms with Gasteiger partial charge >= 0.3 is 5.97 Å². The summed E-state index contributed by atoms with van der Waals surface area (Å²) in [5.41, 5.74) is 0.492. The molecule has 1 aromatic rings. The second kappa shape index (κ2) is 4.56. The van der Waals surface area contributed by atoms with E-state index in [4.69, 9.17) is 4.74 Å². The van der Waals surface area contributed by atoms with Gasteiger partial charge in [0, 0.05) is 13.0 Å². The van der Waals surface area contributed by atoms with E-state index in [1.54, 1.807) is 24.3 Å². The molecule has 4 aliphatic carbocycles. The minimum Gasteiger partial charge on any atom is -0.427 e. The molecule has 3 fully saturated rings. The number of carbonyl (C=O) groups is 3. The normalized spacial score (nSPS) is 38.1. The van der Waals surface area contributed by atoms with Gasteiger partial charge in [-0.15, -0.1) is 0 Å². The van der Waals surface area contributed by atoms with Gasteiger partial charge in [-0.05, 0) is 42.2 Å². The largest absolute Gasteiger partial charge is 0.427 e. The van der Waals surface area contributed by atoms with Crippen LogP contribution in [0.2, 0.25) is 0 Å². The van der Waals surface area contributed by atoms with Gasteiger partial charge < -0.3 is 4.74 Å². The van der Waals surface area contributed by atoms with Crippen LogP contribution >= 0.6 is 0 Å². The fourth-order valence-electron chi connectivity index (χ4n) is 5.06. The average molecular weight is 323 g/mol. The van der Waals surface area contributed by atoms with Gasteiger partial charge in [0.05, 0.1) is 17.5 Å². The van der Waals surface area contributed by atoms with Gasteiger partial charge in [0.25, 0.3) is 0 Å². The molecule has 1 aliphatic heterocycles. The highest BCUT2D eigenvalue weighted by Crippen LogP contribution is 2.65. The Kier molecular flexibility index (Phi) is 2.65. The highest BCUT2D eigenvalue weighted by molar-refractivity contribution is 6.22. The summed E-state index contributed by atoms with van der Waals surface area (Å²) in [6, 6.07) is 6.64. The van der Waals surface area contributed by atoms with Crippen LogP contribution in [0.15, 0.2) is 36.4 Å². The number of anilines is 1. The topological polar surface area (TPSA) is 63.7 Å². The lowest BCUT2D eigenvalue weighted by Crippen LogP contribution is -2.40. The van der Waals surface area contributed by atoms with Crippen molar-refractivity contribution >= 4 is 23.5 Å². The first-order chi connectivity index (χ1) is 11.6. The first-order valence-corrected chi connectivity index (χ1v) is 8.41. The van der Waals surface area contributed by atoms with E-state index in [1.807, 2.05) is 0 Å². The molecule has 0 unspecified atom stereocenters. The number of carbonyl (C=O) groups excluding carboxylic acids is 3. The maximum absolute atomic E-state index is 13.0. The van der Waals surface area contributed by atoms with Crippen LogP contribution in [0, 0.1) is 35.5 Å². The van der Waals surface area contributed by atoms with E-state index in [0.717, 1.165) is 6.42 Å². The van der Waals surface area contributed by atoms with Crippen molar-refractivity contribution < 1.29 is 19.1 Å². The molecular formula is C19H17NO4. The molecule has 1 saturated heterocycles. The van der Waals surface area contributed by atoms with Crippen LogP contribution in [0.5, 0.6) is 5.75 Å². The van der Waals surface area contributed by atoms with Crippen molar-refractivity contribution in [1.29, 1.82) is 0 Å². The molecule has 6 atom stereocenters. The van der Waals surface area contributed by atoms with Gasteiger partial charge in [-0.1, -0.05) is 18.2 Å². The molecule has 6 rings (SSSR count). The predicted octanol–water partition coefficient (Wildman–Crippen LogP) is 2.17. The summed E-state index contributed by atoms with van der Waals surface area (Å²) < 4.78 is 5.08. The van der Waals surface area contributed by atoms with Crippen LogP contribution < -0.4 is 9.64 Å². The first-order valence-electron chi connectivity index (χ1n) is 8.41. The second-order valence-corrected chi connectivity index (χ2v) is 7.26. The zero-order chi connectivity index (χ0) is 16.6. The van der Waals surface area contributed by atoms with Gasteiger partial charge in [-0.2, -0.15) is 0 Å². The third-order valence-electron chi connectivity index (χ3n) is 6.00. The Hall–Kier alpha value is -2.43. The molecule has 1 heterocycles. The van der Waals surface area contributed by atoms with E-state index in [1.165, 1.54) is 11.8 Å². The summed E-state index contributed by atoms with van der Waals surface area (Å²) in [4.78, 5) is 38.4. The highest BCUT2D eigenvalue weighted by Gasteiger charge is 2.67. The quantitative estimate of drug-likeness (QED) is 0.362. The second-order valence-electron chi connectivity index (χ2n) is 7.26. The van der Waals surface area contributed by atoms with Gasteiger partial charge in [-0.25, -0.2) is 4.90 Å². The van der Waals surface area contributed by atoms with Crippen LogP contribution in [0.4, 0.5) is 5.69 Å². The summed E-state index contributed by atoms with van der Waals surface area (Å²) in [6.07, 6.45) is 5.46. The van der Waals surface area contributed by atoms with Gasteiger partial charge in [0.2, 0.25) is 11.8 Å². The SMILES string of the molecule is CC(=O)Oc1cccc(N2C(=O)[C@@H]3[C@@H]4C=C[C@H]([C@H]5C[C@@H]45)[C@@H]3C2=O)c1. The number of imide groups is 1.